The Bertz CT molecular complexity index is 562. The maximum Gasteiger partial charge on any atom is 0.165 e. The van der Waals surface area contributed by atoms with Gasteiger partial charge >= 0.3 is 0 Å². The van der Waals surface area contributed by atoms with E-state index in [4.69, 9.17) is 23.2 Å². The van der Waals surface area contributed by atoms with Crippen molar-refractivity contribution in [3.05, 3.63) is 69.7 Å². The number of halogens is 2. The fraction of sp³-hybridized carbons (Fsp3) is 0.133. The van der Waals surface area contributed by atoms with Gasteiger partial charge in [0.25, 0.3) is 0 Å². The summed E-state index contributed by atoms with van der Waals surface area (Å²) in [6, 6.07) is 13.8. The molecule has 0 spiro atoms. The van der Waals surface area contributed by atoms with Crippen LogP contribution in [0.5, 0.6) is 0 Å². The van der Waals surface area contributed by atoms with Gasteiger partial charge in [-0.2, -0.15) is 0 Å². The third kappa shape index (κ3) is 3.35. The summed E-state index contributed by atoms with van der Waals surface area (Å²) in [6.45, 7) is 0. The molecular weight excluding hydrogens is 283 g/mol. The van der Waals surface area contributed by atoms with Crippen LogP contribution in [-0.2, 0) is 0 Å². The molecule has 1 N–H and O–H groups in total. The second-order valence-corrected chi connectivity index (χ2v) is 4.96. The Hall–Kier alpha value is -1.35. The van der Waals surface area contributed by atoms with Crippen molar-refractivity contribution in [1.29, 1.82) is 0 Å². The number of carbonyl (C=O) groups is 1. The number of hydrogen-bond donors (Lipinski definition) is 1. The second kappa shape index (κ2) is 6.20. The first-order valence-corrected chi connectivity index (χ1v) is 6.55. The molecule has 0 fully saturated rings. The van der Waals surface area contributed by atoms with E-state index in [9.17, 15) is 9.90 Å². The monoisotopic (exact) mass is 294 g/mol. The second-order valence-electron chi connectivity index (χ2n) is 4.14. The fourth-order valence-corrected chi connectivity index (χ4v) is 2.50. The minimum absolute atomic E-state index is 0.0481. The molecule has 0 aromatic heterocycles. The van der Waals surface area contributed by atoms with Gasteiger partial charge in [-0.25, -0.2) is 0 Å². The molecule has 0 aliphatic heterocycles. The predicted octanol–water partition coefficient (Wildman–Crippen LogP) is 4.30. The quantitative estimate of drug-likeness (QED) is 0.854. The van der Waals surface area contributed by atoms with Crippen molar-refractivity contribution in [3.8, 4) is 0 Å². The van der Waals surface area contributed by atoms with Crippen LogP contribution in [0.15, 0.2) is 48.5 Å². The van der Waals surface area contributed by atoms with E-state index in [1.807, 2.05) is 6.07 Å². The topological polar surface area (TPSA) is 37.3 Å². The Morgan fingerprint density at radius 1 is 1.00 bits per heavy atom. The van der Waals surface area contributed by atoms with Gasteiger partial charge in [0.2, 0.25) is 0 Å². The van der Waals surface area contributed by atoms with Crippen molar-refractivity contribution in [2.45, 2.75) is 12.5 Å². The molecule has 19 heavy (non-hydrogen) atoms. The van der Waals surface area contributed by atoms with E-state index < -0.39 is 6.10 Å². The largest absolute Gasteiger partial charge is 0.388 e. The van der Waals surface area contributed by atoms with Gasteiger partial charge < -0.3 is 5.11 Å². The summed E-state index contributed by atoms with van der Waals surface area (Å²) in [5.74, 6) is -0.149. The van der Waals surface area contributed by atoms with E-state index in [1.165, 1.54) is 0 Å². The summed E-state index contributed by atoms with van der Waals surface area (Å²) >= 11 is 12.0. The van der Waals surface area contributed by atoms with Crippen LogP contribution in [-0.4, -0.2) is 10.9 Å². The summed E-state index contributed by atoms with van der Waals surface area (Å²) in [7, 11) is 0. The lowest BCUT2D eigenvalue weighted by Crippen LogP contribution is -2.08. The first kappa shape index (κ1) is 14.1. The van der Waals surface area contributed by atoms with Crippen LogP contribution in [0.3, 0.4) is 0 Å². The third-order valence-electron chi connectivity index (χ3n) is 2.81. The highest BCUT2D eigenvalue weighted by Crippen LogP contribution is 2.32. The van der Waals surface area contributed by atoms with Crippen molar-refractivity contribution in [2.75, 3.05) is 0 Å². The van der Waals surface area contributed by atoms with Crippen LogP contribution in [0.1, 0.15) is 28.4 Å². The van der Waals surface area contributed by atoms with Crippen LogP contribution in [0, 0.1) is 0 Å². The molecule has 2 rings (SSSR count). The van der Waals surface area contributed by atoms with Gasteiger partial charge in [-0.15, -0.1) is 0 Å². The summed E-state index contributed by atoms with van der Waals surface area (Å²) in [5, 5.41) is 10.8. The van der Waals surface area contributed by atoms with Crippen molar-refractivity contribution in [3.63, 3.8) is 0 Å². The number of aliphatic hydroxyl groups excluding tert-OH is 1. The van der Waals surface area contributed by atoms with Gasteiger partial charge in [0.15, 0.2) is 5.78 Å². The number of benzene rings is 2. The lowest BCUT2D eigenvalue weighted by atomic mass is 10.00. The fourth-order valence-electron chi connectivity index (χ4n) is 1.85. The molecule has 0 amide bonds. The molecule has 98 valence electrons. The smallest absolute Gasteiger partial charge is 0.165 e. The maximum atomic E-state index is 12.0. The van der Waals surface area contributed by atoms with Crippen LogP contribution in [0.4, 0.5) is 0 Å². The van der Waals surface area contributed by atoms with Crippen molar-refractivity contribution < 1.29 is 9.90 Å². The Morgan fingerprint density at radius 2 is 1.58 bits per heavy atom. The maximum absolute atomic E-state index is 12.0. The molecule has 1 unspecified atom stereocenters. The average molecular weight is 295 g/mol. The summed E-state index contributed by atoms with van der Waals surface area (Å²) in [4.78, 5) is 12.0. The minimum Gasteiger partial charge on any atom is -0.388 e. The van der Waals surface area contributed by atoms with Crippen molar-refractivity contribution in [1.82, 2.24) is 0 Å². The van der Waals surface area contributed by atoms with Crippen molar-refractivity contribution in [2.24, 2.45) is 0 Å². The average Bonchev–Trinajstić information content (AvgIpc) is 2.39. The Balaban J connectivity index is 2.18. The highest BCUT2D eigenvalue weighted by atomic mass is 35.5. The molecule has 1 atom stereocenters. The van der Waals surface area contributed by atoms with Gasteiger partial charge in [-0.3, -0.25) is 4.79 Å². The number of carbonyl (C=O) groups excluding carboxylic acids is 1. The zero-order valence-corrected chi connectivity index (χ0v) is 11.5. The van der Waals surface area contributed by atoms with E-state index in [1.54, 1.807) is 42.5 Å². The normalized spacial score (nSPS) is 12.2. The van der Waals surface area contributed by atoms with E-state index in [0.717, 1.165) is 0 Å². The molecule has 4 heteroatoms. The standard InChI is InChI=1S/C15H12Cl2O2/c16-11-7-4-8-12(17)15(11)14(19)9-13(18)10-5-2-1-3-6-10/h1-8,14,19H,9H2. The number of aliphatic hydroxyl groups is 1. The molecule has 2 nitrogen and oxygen atoms in total. The zero-order chi connectivity index (χ0) is 13.8. The Kier molecular flexibility index (Phi) is 4.59. The first-order valence-electron chi connectivity index (χ1n) is 5.80. The molecule has 0 saturated carbocycles. The van der Waals surface area contributed by atoms with E-state index in [2.05, 4.69) is 0 Å². The molecule has 2 aromatic carbocycles. The van der Waals surface area contributed by atoms with Crippen molar-refractivity contribution >= 4 is 29.0 Å². The Morgan fingerprint density at radius 3 is 2.16 bits per heavy atom. The molecule has 0 heterocycles. The minimum atomic E-state index is -1.01. The lowest BCUT2D eigenvalue weighted by molar-refractivity contribution is 0.0880. The summed E-state index contributed by atoms with van der Waals surface area (Å²) in [5.41, 5.74) is 0.958. The summed E-state index contributed by atoms with van der Waals surface area (Å²) < 4.78 is 0. The van der Waals surface area contributed by atoms with E-state index in [-0.39, 0.29) is 12.2 Å². The molecule has 0 saturated heterocycles. The predicted molar refractivity (Wildman–Crippen MR) is 76.8 cm³/mol. The SMILES string of the molecule is O=C(CC(O)c1c(Cl)cccc1Cl)c1ccccc1. The number of hydrogen-bond acceptors (Lipinski definition) is 2. The summed E-state index contributed by atoms with van der Waals surface area (Å²) in [6.07, 6.45) is -1.05. The molecule has 0 aliphatic carbocycles. The zero-order valence-electron chi connectivity index (χ0n) is 10.0. The van der Waals surface area contributed by atoms with Gasteiger partial charge in [0.05, 0.1) is 6.10 Å². The van der Waals surface area contributed by atoms with Crippen LogP contribution in [0.25, 0.3) is 0 Å². The lowest BCUT2D eigenvalue weighted by Gasteiger charge is -2.13. The number of rotatable bonds is 4. The molecular formula is C15H12Cl2O2. The number of ketones is 1. The molecule has 0 aliphatic rings. The van der Waals surface area contributed by atoms with Gasteiger partial charge in [-0.1, -0.05) is 59.6 Å². The van der Waals surface area contributed by atoms with Crippen LogP contribution < -0.4 is 0 Å². The third-order valence-corrected chi connectivity index (χ3v) is 3.47. The highest BCUT2D eigenvalue weighted by molar-refractivity contribution is 6.36. The van der Waals surface area contributed by atoms with E-state index in [0.29, 0.717) is 21.2 Å². The van der Waals surface area contributed by atoms with Gasteiger partial charge in [0.1, 0.15) is 0 Å². The van der Waals surface area contributed by atoms with Crippen LogP contribution >= 0.6 is 23.2 Å². The molecule has 0 bridgehead atoms. The molecule has 2 aromatic rings. The first-order chi connectivity index (χ1) is 9.09. The van der Waals surface area contributed by atoms with Gasteiger partial charge in [-0.05, 0) is 12.1 Å². The van der Waals surface area contributed by atoms with Crippen LogP contribution in [0.2, 0.25) is 10.0 Å². The number of Topliss-reactive ketones (excluding diaryl/α,β-unsaturated/α-hetero) is 1. The Labute approximate surface area is 121 Å². The highest BCUT2D eigenvalue weighted by Gasteiger charge is 2.19. The molecule has 0 radical (unpaired) electrons. The van der Waals surface area contributed by atoms with Gasteiger partial charge in [0, 0.05) is 27.6 Å². The van der Waals surface area contributed by atoms with E-state index >= 15 is 0 Å².